The van der Waals surface area contributed by atoms with Crippen molar-refractivity contribution in [1.29, 1.82) is 0 Å². The van der Waals surface area contributed by atoms with E-state index in [0.29, 0.717) is 23.2 Å². The Morgan fingerprint density at radius 1 is 1.55 bits per heavy atom. The van der Waals surface area contributed by atoms with Crippen LogP contribution in [0.4, 0.5) is 5.13 Å². The van der Waals surface area contributed by atoms with E-state index in [2.05, 4.69) is 29.5 Å². The number of thiazole rings is 1. The Morgan fingerprint density at radius 3 is 2.90 bits per heavy atom. The minimum atomic E-state index is -2.98. The number of hydrogen-bond donors (Lipinski definition) is 2. The Labute approximate surface area is 122 Å². The third kappa shape index (κ3) is 4.17. The third-order valence-corrected chi connectivity index (χ3v) is 5.53. The Kier molecular flexibility index (Phi) is 4.64. The second kappa shape index (κ2) is 6.09. The van der Waals surface area contributed by atoms with Crippen LogP contribution in [0.15, 0.2) is 5.38 Å². The Bertz CT molecular complexity index is 581. The monoisotopic (exact) mass is 317 g/mol. The topological polar surface area (TPSA) is 88.2 Å². The molecule has 1 aromatic rings. The summed E-state index contributed by atoms with van der Waals surface area (Å²) < 4.78 is 22.7. The summed E-state index contributed by atoms with van der Waals surface area (Å²) in [5.74, 6) is 0.373. The van der Waals surface area contributed by atoms with Gasteiger partial charge in [-0.2, -0.15) is 0 Å². The van der Waals surface area contributed by atoms with Crippen molar-refractivity contribution in [2.45, 2.75) is 26.3 Å². The molecule has 6 nitrogen and oxygen atoms in total. The number of anilines is 1. The van der Waals surface area contributed by atoms with Gasteiger partial charge in [-0.1, -0.05) is 13.8 Å². The molecule has 8 heteroatoms. The van der Waals surface area contributed by atoms with E-state index in [1.54, 1.807) is 5.38 Å². The smallest absolute Gasteiger partial charge is 0.271 e. The summed E-state index contributed by atoms with van der Waals surface area (Å²) in [6.07, 6.45) is 0.483. The molecule has 0 bridgehead atoms. The van der Waals surface area contributed by atoms with Crippen molar-refractivity contribution >= 4 is 32.2 Å². The molecule has 1 aliphatic heterocycles. The first-order chi connectivity index (χ1) is 9.35. The molecule has 2 N–H and O–H groups in total. The molecule has 0 saturated carbocycles. The Morgan fingerprint density at radius 2 is 2.30 bits per heavy atom. The van der Waals surface area contributed by atoms with E-state index < -0.39 is 9.84 Å². The predicted octanol–water partition coefficient (Wildman–Crippen LogP) is 1.13. The van der Waals surface area contributed by atoms with Gasteiger partial charge in [-0.05, 0) is 12.3 Å². The van der Waals surface area contributed by atoms with Gasteiger partial charge in [-0.3, -0.25) is 4.79 Å². The normalized spacial score (nSPS) is 21.1. The van der Waals surface area contributed by atoms with E-state index in [-0.39, 0.29) is 23.5 Å². The minimum Gasteiger partial charge on any atom is -0.361 e. The molecular weight excluding hydrogens is 298 g/mol. The third-order valence-electron chi connectivity index (χ3n) is 2.97. The molecule has 1 aromatic heterocycles. The van der Waals surface area contributed by atoms with Crippen LogP contribution in [0.25, 0.3) is 0 Å². The maximum Gasteiger partial charge on any atom is 0.271 e. The van der Waals surface area contributed by atoms with Gasteiger partial charge in [0.15, 0.2) is 15.0 Å². The quantitative estimate of drug-likeness (QED) is 0.850. The Balaban J connectivity index is 1.90. The summed E-state index contributed by atoms with van der Waals surface area (Å²) in [5.41, 5.74) is 0.338. The van der Waals surface area contributed by atoms with Gasteiger partial charge >= 0.3 is 0 Å². The van der Waals surface area contributed by atoms with E-state index >= 15 is 0 Å². The molecule has 20 heavy (non-hydrogen) atoms. The van der Waals surface area contributed by atoms with Crippen LogP contribution >= 0.6 is 11.3 Å². The molecular formula is C12H19N3O3S2. The van der Waals surface area contributed by atoms with Crippen molar-refractivity contribution in [3.63, 3.8) is 0 Å². The van der Waals surface area contributed by atoms with Crippen molar-refractivity contribution < 1.29 is 13.2 Å². The number of amides is 1. The van der Waals surface area contributed by atoms with Crippen LogP contribution in [0.2, 0.25) is 0 Å². The molecule has 1 unspecified atom stereocenters. The van der Waals surface area contributed by atoms with E-state index in [0.717, 1.165) is 6.54 Å². The van der Waals surface area contributed by atoms with Gasteiger partial charge in [-0.15, -0.1) is 11.3 Å². The van der Waals surface area contributed by atoms with Gasteiger partial charge in [-0.25, -0.2) is 13.4 Å². The van der Waals surface area contributed by atoms with Gasteiger partial charge in [0.05, 0.1) is 11.5 Å². The van der Waals surface area contributed by atoms with Crippen molar-refractivity contribution in [3.05, 3.63) is 11.1 Å². The summed E-state index contributed by atoms with van der Waals surface area (Å²) in [6.45, 7) is 4.99. The Hall–Kier alpha value is -1.15. The lowest BCUT2D eigenvalue weighted by molar-refractivity contribution is 0.0937. The number of sulfone groups is 1. The molecule has 0 aliphatic carbocycles. The number of hydrogen-bond acceptors (Lipinski definition) is 6. The van der Waals surface area contributed by atoms with Crippen LogP contribution in [0.3, 0.4) is 0 Å². The first-order valence-electron chi connectivity index (χ1n) is 6.56. The highest BCUT2D eigenvalue weighted by Crippen LogP contribution is 2.17. The number of aromatic nitrogens is 1. The first kappa shape index (κ1) is 15.2. The van der Waals surface area contributed by atoms with E-state index in [9.17, 15) is 13.2 Å². The van der Waals surface area contributed by atoms with Crippen LogP contribution in [0, 0.1) is 5.92 Å². The van der Waals surface area contributed by atoms with Crippen LogP contribution in [0.5, 0.6) is 0 Å². The van der Waals surface area contributed by atoms with E-state index in [1.165, 1.54) is 11.3 Å². The number of nitrogens with zero attached hydrogens (tertiary/aromatic N) is 1. The molecule has 0 radical (unpaired) electrons. The maximum atomic E-state index is 12.0. The fourth-order valence-electron chi connectivity index (χ4n) is 1.92. The zero-order chi connectivity index (χ0) is 14.8. The average Bonchev–Trinajstić information content (AvgIpc) is 2.93. The van der Waals surface area contributed by atoms with Crippen molar-refractivity contribution in [1.82, 2.24) is 10.3 Å². The second-order valence-corrected chi connectivity index (χ2v) is 8.47. The lowest BCUT2D eigenvalue weighted by Crippen LogP contribution is -2.35. The number of nitrogens with one attached hydrogen (secondary N) is 2. The summed E-state index contributed by atoms with van der Waals surface area (Å²) >= 11 is 1.38. The van der Waals surface area contributed by atoms with E-state index in [4.69, 9.17) is 0 Å². The average molecular weight is 317 g/mol. The van der Waals surface area contributed by atoms with Gasteiger partial charge in [0, 0.05) is 18.0 Å². The highest BCUT2D eigenvalue weighted by Gasteiger charge is 2.29. The number of rotatable bonds is 5. The molecule has 0 aromatic carbocycles. The molecule has 2 rings (SSSR count). The fourth-order valence-corrected chi connectivity index (χ4v) is 4.29. The predicted molar refractivity (Wildman–Crippen MR) is 80.0 cm³/mol. The minimum absolute atomic E-state index is 0.0291. The summed E-state index contributed by atoms with van der Waals surface area (Å²) in [5, 5.41) is 8.28. The van der Waals surface area contributed by atoms with Crippen molar-refractivity contribution in [3.8, 4) is 0 Å². The number of carbonyl (C=O) groups excluding carboxylic acids is 1. The van der Waals surface area contributed by atoms with Crippen LogP contribution in [-0.2, 0) is 9.84 Å². The number of carbonyl (C=O) groups is 1. The molecule has 1 fully saturated rings. The summed E-state index contributed by atoms with van der Waals surface area (Å²) in [4.78, 5) is 16.2. The van der Waals surface area contributed by atoms with Gasteiger partial charge in [0.1, 0.15) is 5.69 Å². The molecule has 1 aliphatic rings. The molecule has 0 spiro atoms. The van der Waals surface area contributed by atoms with Crippen LogP contribution in [-0.4, -0.2) is 43.4 Å². The fraction of sp³-hybridized carbons (Fsp3) is 0.667. The van der Waals surface area contributed by atoms with Gasteiger partial charge < -0.3 is 10.6 Å². The van der Waals surface area contributed by atoms with Crippen LogP contribution in [0.1, 0.15) is 30.8 Å². The highest BCUT2D eigenvalue weighted by molar-refractivity contribution is 7.91. The van der Waals surface area contributed by atoms with Crippen LogP contribution < -0.4 is 10.6 Å². The largest absolute Gasteiger partial charge is 0.361 e. The summed E-state index contributed by atoms with van der Waals surface area (Å²) in [6, 6.07) is -0.290. The lowest BCUT2D eigenvalue weighted by atomic mass is 10.2. The second-order valence-electron chi connectivity index (χ2n) is 5.39. The van der Waals surface area contributed by atoms with Crippen molar-refractivity contribution in [2.24, 2.45) is 5.92 Å². The molecule has 1 saturated heterocycles. The molecule has 1 atom stereocenters. The highest BCUT2D eigenvalue weighted by atomic mass is 32.2. The lowest BCUT2D eigenvalue weighted by Gasteiger charge is -2.09. The maximum absolute atomic E-state index is 12.0. The molecule has 2 heterocycles. The molecule has 112 valence electrons. The molecule has 1 amide bonds. The van der Waals surface area contributed by atoms with Crippen molar-refractivity contribution in [2.75, 3.05) is 23.4 Å². The van der Waals surface area contributed by atoms with Gasteiger partial charge in [0.2, 0.25) is 0 Å². The standard InChI is InChI=1S/C12H19N3O3S2/c1-8(2)5-13-12-15-10(6-19-12)11(16)14-9-3-4-20(17,18)7-9/h6,8-9H,3-5,7H2,1-2H3,(H,13,15)(H,14,16). The van der Waals surface area contributed by atoms with Gasteiger partial charge in [0.25, 0.3) is 5.91 Å². The zero-order valence-corrected chi connectivity index (χ0v) is 13.2. The van der Waals surface area contributed by atoms with E-state index in [1.807, 2.05) is 0 Å². The summed E-state index contributed by atoms with van der Waals surface area (Å²) in [7, 11) is -2.98. The first-order valence-corrected chi connectivity index (χ1v) is 9.26. The SMILES string of the molecule is CC(C)CNc1nc(C(=O)NC2CCS(=O)(=O)C2)cs1. The zero-order valence-electron chi connectivity index (χ0n) is 11.5.